The molecule has 22 heavy (non-hydrogen) atoms. The number of hydrogen-bond acceptors (Lipinski definition) is 5. The molecule has 120 valence electrons. The molecule has 1 aromatic heterocycles. The Kier molecular flexibility index (Phi) is 3.49. The summed E-state index contributed by atoms with van der Waals surface area (Å²) in [5.74, 6) is 0.636. The maximum Gasteiger partial charge on any atom is 0.410 e. The Labute approximate surface area is 138 Å². The summed E-state index contributed by atoms with van der Waals surface area (Å²) in [7, 11) is 0. The number of halogens is 1. The van der Waals surface area contributed by atoms with Gasteiger partial charge in [0.1, 0.15) is 11.4 Å². The summed E-state index contributed by atoms with van der Waals surface area (Å²) in [6.45, 7) is 6.36. The molecule has 2 heterocycles. The molecule has 3 rings (SSSR count). The molecule has 2 N–H and O–H groups in total. The van der Waals surface area contributed by atoms with Gasteiger partial charge in [0.05, 0.1) is 15.6 Å². The molecular weight excluding hydrogens is 348 g/mol. The molecule has 1 spiro atoms. The van der Waals surface area contributed by atoms with Crippen molar-refractivity contribution in [1.82, 2.24) is 14.9 Å². The summed E-state index contributed by atoms with van der Waals surface area (Å²) in [5.41, 5.74) is 5.22. The second-order valence-electron chi connectivity index (χ2n) is 7.34. The van der Waals surface area contributed by atoms with Crippen LogP contribution in [0.1, 0.15) is 45.9 Å². The van der Waals surface area contributed by atoms with E-state index in [4.69, 9.17) is 10.5 Å². The number of nitrogens with zero attached hydrogens (tertiary/aromatic N) is 3. The first-order chi connectivity index (χ1) is 10.1. The lowest BCUT2D eigenvalue weighted by molar-refractivity contribution is -0.115. The second kappa shape index (κ2) is 4.89. The molecule has 0 bridgehead atoms. The number of aromatic nitrogens is 2. The van der Waals surface area contributed by atoms with Gasteiger partial charge in [0, 0.05) is 18.9 Å². The Bertz CT molecular complexity index is 591. The number of likely N-dealkylation sites (tertiary alicyclic amines) is 1. The first kappa shape index (κ1) is 15.7. The molecule has 0 atom stereocenters. The average Bonchev–Trinajstić information content (AvgIpc) is 2.31. The Morgan fingerprint density at radius 3 is 2.41 bits per heavy atom. The van der Waals surface area contributed by atoms with Crippen molar-refractivity contribution < 1.29 is 9.53 Å². The number of carbonyl (C=O) groups is 1. The van der Waals surface area contributed by atoms with E-state index in [-0.39, 0.29) is 11.6 Å². The lowest BCUT2D eigenvalue weighted by Crippen LogP contribution is -2.75. The van der Waals surface area contributed by atoms with Gasteiger partial charge in [-0.05, 0) is 56.0 Å². The normalized spacial score (nSPS) is 30.7. The van der Waals surface area contributed by atoms with Gasteiger partial charge in [-0.1, -0.05) is 0 Å². The van der Waals surface area contributed by atoms with E-state index in [1.807, 2.05) is 25.7 Å². The summed E-state index contributed by atoms with van der Waals surface area (Å²) in [4.78, 5) is 22.7. The number of amides is 1. The van der Waals surface area contributed by atoms with Crippen LogP contribution in [-0.4, -0.2) is 38.6 Å². The van der Waals surface area contributed by atoms with E-state index in [9.17, 15) is 4.79 Å². The smallest absolute Gasteiger partial charge is 0.410 e. The van der Waals surface area contributed by atoms with Crippen molar-refractivity contribution in [3.05, 3.63) is 22.7 Å². The number of ether oxygens (including phenoxy) is 1. The van der Waals surface area contributed by atoms with Gasteiger partial charge >= 0.3 is 6.09 Å². The summed E-state index contributed by atoms with van der Waals surface area (Å²) in [6.07, 6.45) is 5.48. The predicted octanol–water partition coefficient (Wildman–Crippen LogP) is 2.57. The minimum atomic E-state index is -0.554. The van der Waals surface area contributed by atoms with Crippen molar-refractivity contribution in [2.24, 2.45) is 5.73 Å². The Morgan fingerprint density at radius 2 is 1.95 bits per heavy atom. The highest BCUT2D eigenvalue weighted by Crippen LogP contribution is 2.55. The molecule has 1 amide bonds. The van der Waals surface area contributed by atoms with Crippen molar-refractivity contribution in [2.45, 2.75) is 56.7 Å². The molecule has 2 fully saturated rings. The summed E-state index contributed by atoms with van der Waals surface area (Å²) >= 11 is 3.32. The van der Waals surface area contributed by atoms with Crippen LogP contribution < -0.4 is 5.73 Å². The number of nitrogens with two attached hydrogens (primary N) is 1. The van der Waals surface area contributed by atoms with Gasteiger partial charge in [-0.15, -0.1) is 0 Å². The zero-order valence-electron chi connectivity index (χ0n) is 13.1. The fourth-order valence-electron chi connectivity index (χ4n) is 3.36. The monoisotopic (exact) mass is 368 g/mol. The van der Waals surface area contributed by atoms with Crippen molar-refractivity contribution in [1.29, 1.82) is 0 Å². The van der Waals surface area contributed by atoms with Gasteiger partial charge in [-0.25, -0.2) is 14.8 Å². The Balaban J connectivity index is 1.69. The predicted molar refractivity (Wildman–Crippen MR) is 85.1 cm³/mol. The van der Waals surface area contributed by atoms with Gasteiger partial charge in [0.15, 0.2) is 0 Å². The van der Waals surface area contributed by atoms with Crippen molar-refractivity contribution in [2.75, 3.05) is 6.54 Å². The van der Waals surface area contributed by atoms with Gasteiger partial charge < -0.3 is 15.4 Å². The lowest BCUT2D eigenvalue weighted by atomic mass is 9.57. The first-order valence-electron chi connectivity index (χ1n) is 7.41. The number of hydrogen-bond donors (Lipinski definition) is 1. The van der Waals surface area contributed by atoms with Crippen molar-refractivity contribution >= 4 is 22.0 Å². The zero-order chi connectivity index (χ0) is 16.2. The standard InChI is InChI=1S/C15H21BrN4O2/c1-13(2,3)22-12(21)20-5-4-14(20)8-15(17,9-14)11-18-6-10(16)7-19-11/h6-7H,4-5,8-9,17H2,1-3H3. The topological polar surface area (TPSA) is 81.3 Å². The molecule has 6 nitrogen and oxygen atoms in total. The highest BCUT2D eigenvalue weighted by molar-refractivity contribution is 9.10. The van der Waals surface area contributed by atoms with Crippen LogP contribution in [0.25, 0.3) is 0 Å². The van der Waals surface area contributed by atoms with Crippen molar-refractivity contribution in [3.8, 4) is 0 Å². The molecule has 1 aliphatic carbocycles. The third-order valence-electron chi connectivity index (χ3n) is 4.34. The van der Waals surface area contributed by atoms with Crippen LogP contribution in [0.3, 0.4) is 0 Å². The maximum absolute atomic E-state index is 12.3. The Morgan fingerprint density at radius 1 is 1.36 bits per heavy atom. The van der Waals surface area contributed by atoms with Gasteiger partial charge in [-0.2, -0.15) is 0 Å². The van der Waals surface area contributed by atoms with Crippen LogP contribution >= 0.6 is 15.9 Å². The molecule has 1 saturated heterocycles. The van der Waals surface area contributed by atoms with Gasteiger partial charge in [-0.3, -0.25) is 0 Å². The highest BCUT2D eigenvalue weighted by atomic mass is 79.9. The molecule has 1 aromatic rings. The van der Waals surface area contributed by atoms with Crippen LogP contribution in [-0.2, 0) is 10.3 Å². The van der Waals surface area contributed by atoms with Gasteiger partial charge in [0.25, 0.3) is 0 Å². The largest absolute Gasteiger partial charge is 0.444 e. The third-order valence-corrected chi connectivity index (χ3v) is 4.75. The minimum Gasteiger partial charge on any atom is -0.444 e. The lowest BCUT2D eigenvalue weighted by Gasteiger charge is -2.64. The van der Waals surface area contributed by atoms with E-state index in [1.54, 1.807) is 12.4 Å². The first-order valence-corrected chi connectivity index (χ1v) is 8.21. The van der Waals surface area contributed by atoms with Crippen LogP contribution in [0, 0.1) is 0 Å². The van der Waals surface area contributed by atoms with Crippen LogP contribution in [0.15, 0.2) is 16.9 Å². The molecular formula is C15H21BrN4O2. The second-order valence-corrected chi connectivity index (χ2v) is 8.26. The number of rotatable bonds is 1. The van der Waals surface area contributed by atoms with Crippen LogP contribution in [0.5, 0.6) is 0 Å². The van der Waals surface area contributed by atoms with Gasteiger partial charge in [0.2, 0.25) is 0 Å². The Hall–Kier alpha value is -1.21. The average molecular weight is 369 g/mol. The van der Waals surface area contributed by atoms with Crippen molar-refractivity contribution in [3.63, 3.8) is 0 Å². The van der Waals surface area contributed by atoms with Crippen LogP contribution in [0.2, 0.25) is 0 Å². The highest BCUT2D eigenvalue weighted by Gasteiger charge is 2.63. The molecule has 2 aliphatic rings. The summed E-state index contributed by atoms with van der Waals surface area (Å²) < 4.78 is 6.30. The molecule has 0 radical (unpaired) electrons. The summed E-state index contributed by atoms with van der Waals surface area (Å²) in [6, 6.07) is 0. The summed E-state index contributed by atoms with van der Waals surface area (Å²) in [5, 5.41) is 0. The van der Waals surface area contributed by atoms with Crippen LogP contribution in [0.4, 0.5) is 4.79 Å². The van der Waals surface area contributed by atoms with E-state index in [0.717, 1.165) is 17.4 Å². The van der Waals surface area contributed by atoms with E-state index in [2.05, 4.69) is 25.9 Å². The SMILES string of the molecule is CC(C)(C)OC(=O)N1CCC12CC(N)(c1ncc(Br)cn1)C2. The number of carbonyl (C=O) groups excluding carboxylic acids is 1. The molecule has 0 unspecified atom stereocenters. The van der Waals surface area contributed by atoms with E-state index in [0.29, 0.717) is 18.7 Å². The zero-order valence-corrected chi connectivity index (χ0v) is 14.7. The quantitative estimate of drug-likeness (QED) is 0.823. The molecule has 0 aromatic carbocycles. The van der Waals surface area contributed by atoms with E-state index < -0.39 is 11.1 Å². The minimum absolute atomic E-state index is 0.173. The van der Waals surface area contributed by atoms with E-state index >= 15 is 0 Å². The third kappa shape index (κ3) is 2.60. The fourth-order valence-corrected chi connectivity index (χ4v) is 3.56. The molecule has 1 aliphatic heterocycles. The van der Waals surface area contributed by atoms with E-state index in [1.165, 1.54) is 0 Å². The molecule has 7 heteroatoms. The fraction of sp³-hybridized carbons (Fsp3) is 0.667. The maximum atomic E-state index is 12.3. The molecule has 1 saturated carbocycles.